The van der Waals surface area contributed by atoms with Gasteiger partial charge in [-0.05, 0) is 46.5 Å². The molecule has 0 amide bonds. The van der Waals surface area contributed by atoms with Gasteiger partial charge in [0.05, 0.1) is 11.0 Å². The number of rotatable bonds is 6. The fourth-order valence-electron chi connectivity index (χ4n) is 2.65. The topological polar surface area (TPSA) is 62.2 Å². The van der Waals surface area contributed by atoms with Crippen LogP contribution in [0.25, 0.3) is 0 Å². The summed E-state index contributed by atoms with van der Waals surface area (Å²) in [7, 11) is -2.82. The van der Waals surface area contributed by atoms with Crippen molar-refractivity contribution in [3.63, 3.8) is 0 Å². The lowest BCUT2D eigenvalue weighted by atomic mass is 10.2. The molecule has 1 saturated heterocycles. The van der Waals surface area contributed by atoms with E-state index in [-0.39, 0.29) is 11.0 Å². The van der Waals surface area contributed by atoms with E-state index in [9.17, 15) is 8.42 Å². The van der Waals surface area contributed by atoms with Gasteiger partial charge in [0.2, 0.25) is 7.58 Å². The Hall–Kier alpha value is -0.980. The predicted molar refractivity (Wildman–Crippen MR) is 103 cm³/mol. The number of sulfonamides is 1. The zero-order chi connectivity index (χ0) is 18.7. The Bertz CT molecular complexity index is 761. The van der Waals surface area contributed by atoms with Crippen molar-refractivity contribution in [2.75, 3.05) is 27.2 Å². The van der Waals surface area contributed by atoms with Crippen LogP contribution >= 0.6 is 7.58 Å². The zero-order valence-electron chi connectivity index (χ0n) is 15.6. The van der Waals surface area contributed by atoms with Gasteiger partial charge in [0, 0.05) is 13.1 Å². The van der Waals surface area contributed by atoms with Crippen LogP contribution in [0.15, 0.2) is 45.5 Å². The summed E-state index contributed by atoms with van der Waals surface area (Å²) >= 11 is 0. The third kappa shape index (κ3) is 4.41. The van der Waals surface area contributed by atoms with Crippen LogP contribution in [0.4, 0.5) is 0 Å². The SMILES string of the molecule is C/C=C/C(CC)OP1(=NS(=O)(=O)c2ccc(C)cc2)N(C)CCN1C. The fraction of sp³-hybridized carbons (Fsp3) is 0.529. The van der Waals surface area contributed by atoms with E-state index in [1.165, 1.54) is 0 Å². The Kier molecular flexibility index (Phi) is 6.62. The van der Waals surface area contributed by atoms with Gasteiger partial charge in [-0.25, -0.2) is 9.34 Å². The molecule has 0 spiro atoms. The van der Waals surface area contributed by atoms with E-state index in [1.54, 1.807) is 24.3 Å². The zero-order valence-corrected chi connectivity index (χ0v) is 17.3. The van der Waals surface area contributed by atoms with E-state index >= 15 is 0 Å². The molecular formula is C17H28N3O3PS. The van der Waals surface area contributed by atoms with Crippen molar-refractivity contribution in [2.24, 2.45) is 4.15 Å². The van der Waals surface area contributed by atoms with Crippen molar-refractivity contribution in [3.8, 4) is 0 Å². The Morgan fingerprint density at radius 3 is 2.28 bits per heavy atom. The quantitative estimate of drug-likeness (QED) is 0.549. The van der Waals surface area contributed by atoms with Gasteiger partial charge in [-0.3, -0.25) is 0 Å². The molecule has 6 nitrogen and oxygen atoms in total. The molecule has 1 unspecified atom stereocenters. The maximum absolute atomic E-state index is 12.9. The maximum Gasteiger partial charge on any atom is 0.285 e. The summed E-state index contributed by atoms with van der Waals surface area (Å²) in [4.78, 5) is 0.203. The molecule has 1 aliphatic heterocycles. The highest BCUT2D eigenvalue weighted by Gasteiger charge is 2.41. The monoisotopic (exact) mass is 385 g/mol. The highest BCUT2D eigenvalue weighted by Crippen LogP contribution is 2.61. The number of hydrogen-bond acceptors (Lipinski definition) is 3. The molecule has 25 heavy (non-hydrogen) atoms. The minimum absolute atomic E-state index is 0.168. The molecule has 0 N–H and O–H groups in total. The van der Waals surface area contributed by atoms with E-state index in [1.807, 2.05) is 56.4 Å². The molecule has 1 aromatic rings. The highest BCUT2D eigenvalue weighted by molar-refractivity contribution is 7.93. The summed E-state index contributed by atoms with van der Waals surface area (Å²) in [5.41, 5.74) is 1.01. The number of nitrogens with zero attached hydrogens (tertiary/aromatic N) is 3. The van der Waals surface area contributed by atoms with Gasteiger partial charge < -0.3 is 4.52 Å². The summed E-state index contributed by atoms with van der Waals surface area (Å²) in [6.07, 6.45) is 4.47. The minimum atomic E-state index is -3.81. The number of benzene rings is 1. The summed E-state index contributed by atoms with van der Waals surface area (Å²) in [6, 6.07) is 6.77. The summed E-state index contributed by atoms with van der Waals surface area (Å²) in [5.74, 6) is 0. The van der Waals surface area contributed by atoms with Crippen LogP contribution in [0, 0.1) is 6.92 Å². The van der Waals surface area contributed by atoms with Crippen LogP contribution in [0.3, 0.4) is 0 Å². The van der Waals surface area contributed by atoms with Crippen molar-refractivity contribution in [2.45, 2.75) is 38.2 Å². The molecule has 140 valence electrons. The number of hydrogen-bond donors (Lipinski definition) is 0. The molecule has 0 aliphatic carbocycles. The Morgan fingerprint density at radius 1 is 1.24 bits per heavy atom. The second kappa shape index (κ2) is 8.14. The van der Waals surface area contributed by atoms with E-state index in [4.69, 9.17) is 4.52 Å². The van der Waals surface area contributed by atoms with Gasteiger partial charge in [0.25, 0.3) is 10.0 Å². The molecule has 0 radical (unpaired) electrons. The van der Waals surface area contributed by atoms with Gasteiger partial charge >= 0.3 is 0 Å². The Labute approximate surface area is 151 Å². The molecule has 2 rings (SSSR count). The van der Waals surface area contributed by atoms with E-state index in [0.717, 1.165) is 25.1 Å². The van der Waals surface area contributed by atoms with Crippen LogP contribution in [-0.2, 0) is 14.5 Å². The first-order valence-corrected chi connectivity index (χ1v) is 11.5. The van der Waals surface area contributed by atoms with Crippen molar-refractivity contribution < 1.29 is 12.9 Å². The standard InChI is InChI=1S/C17H28N3O3PS/c1-6-8-16(7-2)23-24(19(4)13-14-20(24)5)18-25(21,22)17-11-9-15(3)10-12-17/h6,8-12,16H,7,13-14H2,1-5H3/b8-6+. The van der Waals surface area contributed by atoms with Crippen molar-refractivity contribution in [1.29, 1.82) is 0 Å². The smallest absolute Gasteiger partial charge is 0.285 e. The van der Waals surface area contributed by atoms with Crippen LogP contribution < -0.4 is 0 Å². The van der Waals surface area contributed by atoms with Gasteiger partial charge in [-0.1, -0.05) is 36.8 Å². The Balaban J connectivity index is 2.55. The molecule has 0 saturated carbocycles. The summed E-state index contributed by atoms with van der Waals surface area (Å²) in [6.45, 7) is 7.32. The molecular weight excluding hydrogens is 357 g/mol. The lowest BCUT2D eigenvalue weighted by molar-refractivity contribution is 0.236. The molecule has 1 aromatic carbocycles. The van der Waals surface area contributed by atoms with E-state index < -0.39 is 17.6 Å². The molecule has 0 aromatic heterocycles. The van der Waals surface area contributed by atoms with Crippen LogP contribution in [-0.4, -0.2) is 51.0 Å². The molecule has 1 fully saturated rings. The number of allylic oxidation sites excluding steroid dienone is 1. The second-order valence-corrected chi connectivity index (χ2v) is 10.9. The lowest BCUT2D eigenvalue weighted by Crippen LogP contribution is -2.21. The number of aryl methyl sites for hydroxylation is 1. The normalized spacial score (nSPS) is 20.2. The first-order valence-electron chi connectivity index (χ1n) is 8.45. The first kappa shape index (κ1) is 20.3. The average molecular weight is 385 g/mol. The maximum atomic E-state index is 12.9. The average Bonchev–Trinajstić information content (AvgIpc) is 2.82. The van der Waals surface area contributed by atoms with Gasteiger partial charge in [0.15, 0.2) is 0 Å². The minimum Gasteiger partial charge on any atom is -0.313 e. The molecule has 1 atom stereocenters. The lowest BCUT2D eigenvalue weighted by Gasteiger charge is -2.33. The van der Waals surface area contributed by atoms with Crippen molar-refractivity contribution in [3.05, 3.63) is 42.0 Å². The van der Waals surface area contributed by atoms with Crippen molar-refractivity contribution in [1.82, 2.24) is 9.34 Å². The van der Waals surface area contributed by atoms with Gasteiger partial charge in [-0.2, -0.15) is 8.42 Å². The third-order valence-electron chi connectivity index (χ3n) is 4.26. The summed E-state index contributed by atoms with van der Waals surface area (Å²) in [5, 5.41) is 0. The predicted octanol–water partition coefficient (Wildman–Crippen LogP) is 3.88. The van der Waals surface area contributed by atoms with Gasteiger partial charge in [-0.15, -0.1) is 4.15 Å². The first-order chi connectivity index (χ1) is 11.7. The molecule has 1 heterocycles. The highest BCUT2D eigenvalue weighted by atomic mass is 32.2. The molecule has 1 aliphatic rings. The Morgan fingerprint density at radius 2 is 1.80 bits per heavy atom. The van der Waals surface area contributed by atoms with E-state index in [0.29, 0.717) is 0 Å². The fourth-order valence-corrected chi connectivity index (χ4v) is 7.91. The number of likely N-dealkylation sites (N-methyl/N-ethyl adjacent to an activating group) is 2. The van der Waals surface area contributed by atoms with E-state index in [2.05, 4.69) is 4.15 Å². The van der Waals surface area contributed by atoms with Crippen molar-refractivity contribution >= 4 is 17.6 Å². The second-order valence-electron chi connectivity index (χ2n) is 6.22. The summed E-state index contributed by atoms with van der Waals surface area (Å²) < 4.78 is 40.4. The van der Waals surface area contributed by atoms with Crippen LogP contribution in [0.2, 0.25) is 0 Å². The largest absolute Gasteiger partial charge is 0.313 e. The van der Waals surface area contributed by atoms with Crippen LogP contribution in [0.5, 0.6) is 0 Å². The van der Waals surface area contributed by atoms with Crippen LogP contribution in [0.1, 0.15) is 25.8 Å². The molecule has 0 bridgehead atoms. The van der Waals surface area contributed by atoms with Gasteiger partial charge in [0.1, 0.15) is 0 Å². The third-order valence-corrected chi connectivity index (χ3v) is 9.57. The molecule has 8 heteroatoms.